The summed E-state index contributed by atoms with van der Waals surface area (Å²) in [5, 5.41) is 16.3. The summed E-state index contributed by atoms with van der Waals surface area (Å²) in [5.74, 6) is -2.37. The van der Waals surface area contributed by atoms with Gasteiger partial charge in [0.1, 0.15) is 5.82 Å². The maximum absolute atomic E-state index is 14.3. The first kappa shape index (κ1) is 15.2. The lowest BCUT2D eigenvalue weighted by Crippen LogP contribution is -1.98. The van der Waals surface area contributed by atoms with Crippen molar-refractivity contribution in [3.63, 3.8) is 0 Å². The molecule has 23 heavy (non-hydrogen) atoms. The Hall–Kier alpha value is -2.67. The van der Waals surface area contributed by atoms with Crippen molar-refractivity contribution in [1.29, 1.82) is 0 Å². The molecule has 0 unspecified atom stereocenters. The van der Waals surface area contributed by atoms with Crippen molar-refractivity contribution in [2.75, 3.05) is 0 Å². The highest BCUT2D eigenvalue weighted by Gasteiger charge is 2.20. The zero-order chi connectivity index (χ0) is 15.3. The number of nitrogens with one attached hydrogen (secondary N) is 1. The predicted octanol–water partition coefficient (Wildman–Crippen LogP) is 3.70. The zero-order valence-corrected chi connectivity index (χ0v) is 12.3. The molecule has 4 rings (SSSR count). The smallest absolute Gasteiger partial charge is 0.173 e. The van der Waals surface area contributed by atoms with Crippen LogP contribution in [0.1, 0.15) is 11.3 Å². The van der Waals surface area contributed by atoms with Crippen LogP contribution in [-0.2, 0) is 6.42 Å². The van der Waals surface area contributed by atoms with Crippen LogP contribution in [-0.4, -0.2) is 20.3 Å². The molecule has 0 spiro atoms. The Labute approximate surface area is 134 Å². The molecule has 0 fully saturated rings. The number of benzene rings is 1. The van der Waals surface area contributed by atoms with E-state index >= 15 is 0 Å². The average molecular weight is 338 g/mol. The van der Waals surface area contributed by atoms with E-state index in [0.717, 1.165) is 11.6 Å². The van der Waals surface area contributed by atoms with E-state index in [4.69, 9.17) is 4.42 Å². The second-order valence-corrected chi connectivity index (χ2v) is 4.94. The van der Waals surface area contributed by atoms with Crippen LogP contribution in [0.25, 0.3) is 21.8 Å². The summed E-state index contributed by atoms with van der Waals surface area (Å²) in [6.45, 7) is 0. The number of nitrogens with zero attached hydrogens (tertiary/aromatic N) is 2. The minimum atomic E-state index is -0.890. The van der Waals surface area contributed by atoms with Crippen LogP contribution in [0.5, 0.6) is 5.75 Å². The van der Waals surface area contributed by atoms with Crippen LogP contribution in [0, 0.1) is 11.6 Å². The molecule has 0 saturated heterocycles. The molecular formula is C15H10ClF2N3O2. The Bertz CT molecular complexity index is 999. The van der Waals surface area contributed by atoms with Gasteiger partial charge in [0.25, 0.3) is 0 Å². The number of aromatic hydroxyl groups is 1. The van der Waals surface area contributed by atoms with Crippen molar-refractivity contribution < 1.29 is 18.3 Å². The summed E-state index contributed by atoms with van der Waals surface area (Å²) in [4.78, 5) is 4.32. The van der Waals surface area contributed by atoms with Gasteiger partial charge in [-0.2, -0.15) is 5.10 Å². The van der Waals surface area contributed by atoms with E-state index < -0.39 is 17.4 Å². The van der Waals surface area contributed by atoms with Crippen LogP contribution < -0.4 is 0 Å². The quantitative estimate of drug-likeness (QED) is 0.585. The highest BCUT2D eigenvalue weighted by molar-refractivity contribution is 6.06. The van der Waals surface area contributed by atoms with Crippen molar-refractivity contribution in [3.05, 3.63) is 53.7 Å². The third-order valence-corrected chi connectivity index (χ3v) is 3.57. The number of hydrogen-bond donors (Lipinski definition) is 2. The number of phenolic OH excluding ortho intramolecular Hbond substituents is 1. The van der Waals surface area contributed by atoms with Crippen molar-refractivity contribution in [3.8, 4) is 5.75 Å². The minimum absolute atomic E-state index is 0. The Morgan fingerprint density at radius 2 is 2.09 bits per heavy atom. The van der Waals surface area contributed by atoms with Gasteiger partial charge in [-0.3, -0.25) is 5.10 Å². The van der Waals surface area contributed by atoms with E-state index in [1.165, 1.54) is 18.7 Å². The lowest BCUT2D eigenvalue weighted by atomic mass is 10.0. The monoisotopic (exact) mass is 337 g/mol. The summed E-state index contributed by atoms with van der Waals surface area (Å²) in [5.41, 5.74) is 1.44. The Morgan fingerprint density at radius 1 is 1.26 bits per heavy atom. The SMILES string of the molecule is Cl.Oc1cc(F)c2c(Cc3ccoc3)nc3[nH]ncc3c2c1F. The Morgan fingerprint density at radius 3 is 2.83 bits per heavy atom. The van der Waals surface area contributed by atoms with E-state index in [0.29, 0.717) is 16.7 Å². The molecule has 0 saturated carbocycles. The minimum Gasteiger partial charge on any atom is -0.505 e. The second kappa shape index (κ2) is 5.51. The molecule has 0 amide bonds. The first-order chi connectivity index (χ1) is 10.6. The topological polar surface area (TPSA) is 74.9 Å². The van der Waals surface area contributed by atoms with Gasteiger partial charge in [0.2, 0.25) is 0 Å². The Balaban J connectivity index is 0.00000156. The molecule has 0 aliphatic rings. The number of pyridine rings is 1. The fraction of sp³-hybridized carbons (Fsp3) is 0.0667. The van der Waals surface area contributed by atoms with Gasteiger partial charge in [0.15, 0.2) is 17.2 Å². The van der Waals surface area contributed by atoms with Gasteiger partial charge in [-0.05, 0) is 11.6 Å². The molecule has 1 aromatic carbocycles. The predicted molar refractivity (Wildman–Crippen MR) is 81.7 cm³/mol. The number of halogens is 3. The summed E-state index contributed by atoms with van der Waals surface area (Å²) in [7, 11) is 0. The molecule has 0 atom stereocenters. The third kappa shape index (κ3) is 2.29. The summed E-state index contributed by atoms with van der Waals surface area (Å²) >= 11 is 0. The van der Waals surface area contributed by atoms with Gasteiger partial charge < -0.3 is 9.52 Å². The highest BCUT2D eigenvalue weighted by Crippen LogP contribution is 2.35. The maximum Gasteiger partial charge on any atom is 0.173 e. The molecule has 3 heterocycles. The molecule has 5 nitrogen and oxygen atoms in total. The lowest BCUT2D eigenvalue weighted by Gasteiger charge is -2.09. The zero-order valence-electron chi connectivity index (χ0n) is 11.5. The standard InChI is InChI=1S/C15H9F2N3O2.ClH/c16-9-4-11(21)14(17)12-8-5-18-20-15(8)19-10(13(9)12)3-7-1-2-22-6-7;/h1-2,4-6,21H,3H2,(H,18,19,20);1H. The molecule has 0 bridgehead atoms. The van der Waals surface area contributed by atoms with E-state index in [2.05, 4.69) is 15.2 Å². The first-order valence-corrected chi connectivity index (χ1v) is 6.49. The van der Waals surface area contributed by atoms with Gasteiger partial charge >= 0.3 is 0 Å². The third-order valence-electron chi connectivity index (χ3n) is 3.57. The number of aromatic nitrogens is 3. The van der Waals surface area contributed by atoms with Crippen molar-refractivity contribution in [2.45, 2.75) is 6.42 Å². The fourth-order valence-electron chi connectivity index (χ4n) is 2.60. The molecule has 0 radical (unpaired) electrons. The number of phenols is 1. The number of H-pyrrole nitrogens is 1. The highest BCUT2D eigenvalue weighted by atomic mass is 35.5. The molecule has 4 aromatic rings. The number of hydrogen-bond acceptors (Lipinski definition) is 4. The molecule has 0 aliphatic heterocycles. The fourth-order valence-corrected chi connectivity index (χ4v) is 2.60. The summed E-state index contributed by atoms with van der Waals surface area (Å²) < 4.78 is 33.7. The largest absolute Gasteiger partial charge is 0.505 e. The van der Waals surface area contributed by atoms with Crippen molar-refractivity contribution >= 4 is 34.2 Å². The van der Waals surface area contributed by atoms with Gasteiger partial charge in [-0.15, -0.1) is 12.4 Å². The van der Waals surface area contributed by atoms with Crippen molar-refractivity contribution in [1.82, 2.24) is 15.2 Å². The Kier molecular flexibility index (Phi) is 3.65. The van der Waals surface area contributed by atoms with Crippen LogP contribution in [0.4, 0.5) is 8.78 Å². The maximum atomic E-state index is 14.3. The normalized spacial score (nSPS) is 11.0. The van der Waals surface area contributed by atoms with Crippen LogP contribution in [0.15, 0.2) is 35.3 Å². The summed E-state index contributed by atoms with van der Waals surface area (Å²) in [6.07, 6.45) is 4.63. The average Bonchev–Trinajstić information content (AvgIpc) is 3.14. The van der Waals surface area contributed by atoms with E-state index in [-0.39, 0.29) is 29.6 Å². The molecule has 8 heteroatoms. The van der Waals surface area contributed by atoms with Crippen LogP contribution in [0.3, 0.4) is 0 Å². The summed E-state index contributed by atoms with van der Waals surface area (Å²) in [6, 6.07) is 2.48. The second-order valence-electron chi connectivity index (χ2n) is 4.94. The van der Waals surface area contributed by atoms with Gasteiger partial charge in [0.05, 0.1) is 24.4 Å². The molecule has 2 N–H and O–H groups in total. The first-order valence-electron chi connectivity index (χ1n) is 6.49. The van der Waals surface area contributed by atoms with Crippen LogP contribution in [0.2, 0.25) is 0 Å². The lowest BCUT2D eigenvalue weighted by molar-refractivity contribution is 0.431. The van der Waals surface area contributed by atoms with Crippen molar-refractivity contribution in [2.24, 2.45) is 0 Å². The molecule has 118 valence electrons. The van der Waals surface area contributed by atoms with Gasteiger partial charge in [0, 0.05) is 28.6 Å². The van der Waals surface area contributed by atoms with Gasteiger partial charge in [-0.1, -0.05) is 0 Å². The van der Waals surface area contributed by atoms with E-state index in [1.54, 1.807) is 6.07 Å². The molecular weight excluding hydrogens is 328 g/mol. The number of aromatic amines is 1. The van der Waals surface area contributed by atoms with E-state index in [1.807, 2.05) is 0 Å². The van der Waals surface area contributed by atoms with Crippen LogP contribution >= 0.6 is 12.4 Å². The van der Waals surface area contributed by atoms with E-state index in [9.17, 15) is 13.9 Å². The number of rotatable bonds is 2. The molecule has 0 aliphatic carbocycles. The van der Waals surface area contributed by atoms with Gasteiger partial charge in [-0.25, -0.2) is 13.8 Å². The molecule has 3 aromatic heterocycles. The number of fused-ring (bicyclic) bond motifs is 3. The number of furan rings is 1.